The van der Waals surface area contributed by atoms with E-state index in [1.54, 1.807) is 0 Å². The van der Waals surface area contributed by atoms with Crippen LogP contribution in [0.5, 0.6) is 0 Å². The van der Waals surface area contributed by atoms with E-state index in [4.69, 9.17) is 0 Å². The van der Waals surface area contributed by atoms with Gasteiger partial charge in [-0.15, -0.1) is 0 Å². The van der Waals surface area contributed by atoms with E-state index in [0.717, 1.165) is 31.4 Å². The van der Waals surface area contributed by atoms with Crippen molar-refractivity contribution in [3.05, 3.63) is 42.3 Å². The van der Waals surface area contributed by atoms with Gasteiger partial charge in [0.25, 0.3) is 0 Å². The van der Waals surface area contributed by atoms with Gasteiger partial charge >= 0.3 is 0 Å². The van der Waals surface area contributed by atoms with E-state index >= 15 is 0 Å². The van der Waals surface area contributed by atoms with Crippen molar-refractivity contribution in [3.63, 3.8) is 0 Å². The van der Waals surface area contributed by atoms with Crippen molar-refractivity contribution in [2.75, 3.05) is 0 Å². The highest BCUT2D eigenvalue weighted by molar-refractivity contribution is 5.23. The van der Waals surface area contributed by atoms with Crippen LogP contribution in [-0.4, -0.2) is 0 Å². The summed E-state index contributed by atoms with van der Waals surface area (Å²) in [7, 11) is 0. The number of rotatable bonds is 4. The molecule has 0 nitrogen and oxygen atoms in total. The molecule has 1 radical (unpaired) electrons. The largest absolute Gasteiger partial charge is 0.207 e. The second-order valence-electron chi connectivity index (χ2n) is 3.50. The van der Waals surface area contributed by atoms with Crippen LogP contribution in [0.3, 0.4) is 0 Å². The van der Waals surface area contributed by atoms with Gasteiger partial charge in [-0.25, -0.2) is 8.78 Å². The molecule has 1 aromatic rings. The quantitative estimate of drug-likeness (QED) is 0.682. The van der Waals surface area contributed by atoms with E-state index in [2.05, 4.69) is 13.8 Å². The summed E-state index contributed by atoms with van der Waals surface area (Å²) >= 11 is 0. The molecule has 0 fully saturated rings. The van der Waals surface area contributed by atoms with Gasteiger partial charge in [-0.05, 0) is 43.0 Å². The van der Waals surface area contributed by atoms with Crippen LogP contribution in [0.4, 0.5) is 8.78 Å². The molecule has 1 aromatic carbocycles. The molecule has 1 atom stereocenters. The molecule has 0 heterocycles. The van der Waals surface area contributed by atoms with Gasteiger partial charge in [0, 0.05) is 0 Å². The molecule has 0 N–H and O–H groups in total. The fourth-order valence-corrected chi connectivity index (χ4v) is 1.43. The maximum Gasteiger partial charge on any atom is 0.126 e. The molecular weight excluding hydrogens is 182 g/mol. The van der Waals surface area contributed by atoms with Crippen LogP contribution in [0, 0.1) is 18.6 Å². The average Bonchev–Trinajstić information content (AvgIpc) is 2.18. The average molecular weight is 197 g/mol. The molecule has 0 saturated carbocycles. The molecule has 0 aliphatic heterocycles. The molecule has 0 aromatic heterocycles. The van der Waals surface area contributed by atoms with Crippen molar-refractivity contribution in [1.29, 1.82) is 0 Å². The van der Waals surface area contributed by atoms with Crippen molar-refractivity contribution in [3.8, 4) is 0 Å². The molecule has 0 aliphatic carbocycles. The smallest absolute Gasteiger partial charge is 0.126 e. The summed E-state index contributed by atoms with van der Waals surface area (Å²) in [5, 5.41) is 0. The van der Waals surface area contributed by atoms with Crippen LogP contribution in [0.1, 0.15) is 37.7 Å². The van der Waals surface area contributed by atoms with Crippen LogP contribution in [0.2, 0.25) is 0 Å². The Hall–Kier alpha value is -0.920. The third-order valence-electron chi connectivity index (χ3n) is 2.30. The van der Waals surface area contributed by atoms with Crippen molar-refractivity contribution >= 4 is 0 Å². The molecule has 77 valence electrons. The van der Waals surface area contributed by atoms with E-state index in [9.17, 15) is 8.78 Å². The molecule has 0 amide bonds. The molecular formula is C12H15F2. The molecule has 2 heteroatoms. The van der Waals surface area contributed by atoms with Crippen molar-refractivity contribution in [2.24, 2.45) is 0 Å². The van der Waals surface area contributed by atoms with Gasteiger partial charge in [0.1, 0.15) is 11.6 Å². The number of halogens is 2. The lowest BCUT2D eigenvalue weighted by molar-refractivity contribution is 0.561. The SMILES string of the molecule is [CH2]C(CCCC)c1cc(F)ccc1F. The summed E-state index contributed by atoms with van der Waals surface area (Å²) in [6.45, 7) is 5.91. The lowest BCUT2D eigenvalue weighted by Crippen LogP contribution is -1.98. The predicted octanol–water partition coefficient (Wildman–Crippen LogP) is 4.07. The Bertz CT molecular complexity index is 294. The molecule has 1 rings (SSSR count). The zero-order chi connectivity index (χ0) is 10.6. The Labute approximate surface area is 84.0 Å². The molecule has 0 bridgehead atoms. The summed E-state index contributed by atoms with van der Waals surface area (Å²) in [6.07, 6.45) is 2.84. The van der Waals surface area contributed by atoms with Crippen LogP contribution in [-0.2, 0) is 0 Å². The van der Waals surface area contributed by atoms with Gasteiger partial charge in [-0.1, -0.05) is 19.8 Å². The first kappa shape index (κ1) is 11.2. The Kier molecular flexibility index (Phi) is 4.05. The molecule has 0 spiro atoms. The van der Waals surface area contributed by atoms with Crippen molar-refractivity contribution in [1.82, 2.24) is 0 Å². The second-order valence-corrected chi connectivity index (χ2v) is 3.50. The Balaban J connectivity index is 2.77. The summed E-state index contributed by atoms with van der Waals surface area (Å²) in [5.74, 6) is -0.903. The van der Waals surface area contributed by atoms with E-state index in [0.29, 0.717) is 5.56 Å². The minimum Gasteiger partial charge on any atom is -0.207 e. The second kappa shape index (κ2) is 5.08. The highest BCUT2D eigenvalue weighted by Gasteiger charge is 2.11. The minimum absolute atomic E-state index is 0.148. The summed E-state index contributed by atoms with van der Waals surface area (Å²) in [4.78, 5) is 0. The third kappa shape index (κ3) is 2.79. The first-order valence-corrected chi connectivity index (χ1v) is 4.93. The van der Waals surface area contributed by atoms with Gasteiger partial charge in [-0.3, -0.25) is 0 Å². The molecule has 14 heavy (non-hydrogen) atoms. The maximum atomic E-state index is 13.2. The first-order valence-electron chi connectivity index (χ1n) is 4.93. The number of hydrogen-bond donors (Lipinski definition) is 0. The monoisotopic (exact) mass is 197 g/mol. The predicted molar refractivity (Wildman–Crippen MR) is 54.0 cm³/mol. The normalized spacial score (nSPS) is 12.9. The van der Waals surface area contributed by atoms with E-state index in [1.165, 1.54) is 6.07 Å². The van der Waals surface area contributed by atoms with Gasteiger partial charge in [0.2, 0.25) is 0 Å². The Morgan fingerprint density at radius 3 is 2.71 bits per heavy atom. The van der Waals surface area contributed by atoms with Gasteiger partial charge in [-0.2, -0.15) is 0 Å². The summed E-state index contributed by atoms with van der Waals surface area (Å²) < 4.78 is 26.1. The van der Waals surface area contributed by atoms with Gasteiger partial charge in [0.15, 0.2) is 0 Å². The maximum absolute atomic E-state index is 13.2. The summed E-state index contributed by atoms with van der Waals surface area (Å²) in [6, 6.07) is 3.53. The Morgan fingerprint density at radius 2 is 2.07 bits per heavy atom. The van der Waals surface area contributed by atoms with Crippen LogP contribution < -0.4 is 0 Å². The van der Waals surface area contributed by atoms with Gasteiger partial charge in [0.05, 0.1) is 0 Å². The number of hydrogen-bond acceptors (Lipinski definition) is 0. The van der Waals surface area contributed by atoms with E-state index in [1.807, 2.05) is 0 Å². The zero-order valence-corrected chi connectivity index (χ0v) is 8.39. The lowest BCUT2D eigenvalue weighted by atomic mass is 9.95. The number of unbranched alkanes of at least 4 members (excludes halogenated alkanes) is 1. The molecule has 1 unspecified atom stereocenters. The van der Waals surface area contributed by atoms with Crippen LogP contribution >= 0.6 is 0 Å². The van der Waals surface area contributed by atoms with E-state index < -0.39 is 5.82 Å². The van der Waals surface area contributed by atoms with Crippen molar-refractivity contribution < 1.29 is 8.78 Å². The lowest BCUT2D eigenvalue weighted by Gasteiger charge is -2.11. The standard InChI is InChI=1S/C12H15F2/c1-3-4-5-9(2)11-8-10(13)6-7-12(11)14/h6-9H,2-5H2,1H3. The van der Waals surface area contributed by atoms with E-state index in [-0.39, 0.29) is 11.7 Å². The first-order chi connectivity index (χ1) is 6.65. The zero-order valence-electron chi connectivity index (χ0n) is 8.39. The fourth-order valence-electron chi connectivity index (χ4n) is 1.43. The Morgan fingerprint density at radius 1 is 1.36 bits per heavy atom. The minimum atomic E-state index is -0.397. The highest BCUT2D eigenvalue weighted by Crippen LogP contribution is 2.24. The topological polar surface area (TPSA) is 0 Å². The highest BCUT2D eigenvalue weighted by atomic mass is 19.1. The molecule has 0 aliphatic rings. The van der Waals surface area contributed by atoms with Gasteiger partial charge < -0.3 is 0 Å². The van der Waals surface area contributed by atoms with Crippen LogP contribution in [0.25, 0.3) is 0 Å². The third-order valence-corrected chi connectivity index (χ3v) is 2.30. The number of benzene rings is 1. The molecule has 0 saturated heterocycles. The van der Waals surface area contributed by atoms with Crippen molar-refractivity contribution in [2.45, 2.75) is 32.1 Å². The summed E-state index contributed by atoms with van der Waals surface area (Å²) in [5.41, 5.74) is 0.387. The fraction of sp³-hybridized carbons (Fsp3) is 0.417. The van der Waals surface area contributed by atoms with Crippen LogP contribution in [0.15, 0.2) is 18.2 Å².